The van der Waals surface area contributed by atoms with Crippen molar-refractivity contribution in [2.45, 2.75) is 36.3 Å². The van der Waals surface area contributed by atoms with Gasteiger partial charge in [-0.05, 0) is 77.9 Å². The number of rotatable bonds is 7. The van der Waals surface area contributed by atoms with Crippen molar-refractivity contribution in [1.29, 1.82) is 0 Å². The van der Waals surface area contributed by atoms with Crippen LogP contribution in [0.3, 0.4) is 0 Å². The van der Waals surface area contributed by atoms with Gasteiger partial charge in [-0.15, -0.1) is 0 Å². The van der Waals surface area contributed by atoms with Crippen molar-refractivity contribution in [1.82, 2.24) is 4.98 Å². The molecule has 0 bridgehead atoms. The van der Waals surface area contributed by atoms with E-state index in [1.54, 1.807) is 6.07 Å². The lowest BCUT2D eigenvalue weighted by Gasteiger charge is -2.19. The predicted molar refractivity (Wildman–Crippen MR) is 126 cm³/mol. The van der Waals surface area contributed by atoms with Crippen molar-refractivity contribution >= 4 is 25.7 Å². The number of halogens is 4. The van der Waals surface area contributed by atoms with Crippen LogP contribution in [0.1, 0.15) is 40.2 Å². The van der Waals surface area contributed by atoms with E-state index in [9.17, 15) is 34.4 Å². The van der Waals surface area contributed by atoms with Gasteiger partial charge >= 0.3 is 6.18 Å². The molecule has 1 heterocycles. The monoisotopic (exact) mass is 542 g/mol. The highest BCUT2D eigenvalue weighted by Crippen LogP contribution is 2.42. The quantitative estimate of drug-likeness (QED) is 0.345. The molecule has 4 rings (SSSR count). The minimum absolute atomic E-state index is 0.0577. The van der Waals surface area contributed by atoms with E-state index in [2.05, 4.69) is 9.71 Å². The number of hydrogen-bond donors (Lipinski definition) is 1. The molecule has 0 saturated heterocycles. The normalized spacial score (nSPS) is 16.1. The number of fused-ring (bicyclic) bond motifs is 1. The third-order valence-electron chi connectivity index (χ3n) is 6.04. The molecule has 2 aromatic carbocycles. The SMILES string of the molecule is CS(=O)(=O)CCc1cc(C(F)(F)F)ccc1[C@H]1CCc2cc(S(=O)(=O)Nc3cccc(F)n3)ccc21. The van der Waals surface area contributed by atoms with Gasteiger partial charge in [0.15, 0.2) is 0 Å². The molecule has 6 nitrogen and oxygen atoms in total. The van der Waals surface area contributed by atoms with E-state index in [1.165, 1.54) is 30.3 Å². The summed E-state index contributed by atoms with van der Waals surface area (Å²) in [4.78, 5) is 3.44. The minimum Gasteiger partial charge on any atom is -0.263 e. The third kappa shape index (κ3) is 5.86. The Balaban J connectivity index is 1.67. The number of aryl methyl sites for hydroxylation is 2. The summed E-state index contributed by atoms with van der Waals surface area (Å²) in [6.07, 6.45) is -2.61. The largest absolute Gasteiger partial charge is 0.416 e. The van der Waals surface area contributed by atoms with Crippen molar-refractivity contribution in [3.8, 4) is 0 Å². The number of sulfonamides is 1. The van der Waals surface area contributed by atoms with Crippen molar-refractivity contribution in [2.75, 3.05) is 16.7 Å². The molecule has 0 saturated carbocycles. The average molecular weight is 543 g/mol. The van der Waals surface area contributed by atoms with Crippen molar-refractivity contribution in [3.05, 3.63) is 88.4 Å². The summed E-state index contributed by atoms with van der Waals surface area (Å²) < 4.78 is 104. The topological polar surface area (TPSA) is 93.2 Å². The smallest absolute Gasteiger partial charge is 0.263 e. The Bertz CT molecular complexity index is 1520. The first-order valence-corrected chi connectivity index (χ1v) is 14.4. The van der Waals surface area contributed by atoms with Crippen molar-refractivity contribution < 1.29 is 34.4 Å². The van der Waals surface area contributed by atoms with Crippen LogP contribution in [0.15, 0.2) is 59.5 Å². The van der Waals surface area contributed by atoms with E-state index in [0.29, 0.717) is 29.5 Å². The second-order valence-corrected chi connectivity index (χ2v) is 12.6. The number of benzene rings is 2. The van der Waals surface area contributed by atoms with Crippen LogP contribution < -0.4 is 4.72 Å². The number of hydrogen-bond acceptors (Lipinski definition) is 5. The summed E-state index contributed by atoms with van der Waals surface area (Å²) in [7, 11) is -7.47. The number of sulfone groups is 1. The zero-order valence-electron chi connectivity index (χ0n) is 19.0. The van der Waals surface area contributed by atoms with Gasteiger partial charge in [-0.25, -0.2) is 21.8 Å². The highest BCUT2D eigenvalue weighted by Gasteiger charge is 2.33. The van der Waals surface area contributed by atoms with Crippen LogP contribution in [-0.2, 0) is 38.9 Å². The van der Waals surface area contributed by atoms with Gasteiger partial charge in [-0.3, -0.25) is 4.72 Å². The molecule has 1 aromatic heterocycles. The van der Waals surface area contributed by atoms with E-state index < -0.39 is 37.5 Å². The molecule has 12 heteroatoms. The summed E-state index contributed by atoms with van der Waals surface area (Å²) in [5, 5.41) is 0. The maximum Gasteiger partial charge on any atom is 0.416 e. The molecule has 1 aliphatic rings. The average Bonchev–Trinajstić information content (AvgIpc) is 3.19. The Morgan fingerprint density at radius 3 is 2.39 bits per heavy atom. The molecule has 0 aliphatic heterocycles. The van der Waals surface area contributed by atoms with Gasteiger partial charge in [0.25, 0.3) is 10.0 Å². The lowest BCUT2D eigenvalue weighted by molar-refractivity contribution is -0.137. The fourth-order valence-corrected chi connectivity index (χ4v) is 6.02. The zero-order chi connectivity index (χ0) is 26.3. The molecule has 0 amide bonds. The summed E-state index contributed by atoms with van der Waals surface area (Å²) in [5.74, 6) is -1.62. The number of anilines is 1. The molecule has 0 spiro atoms. The first kappa shape index (κ1) is 26.1. The summed E-state index contributed by atoms with van der Waals surface area (Å²) >= 11 is 0. The first-order valence-electron chi connectivity index (χ1n) is 10.9. The Hall–Kier alpha value is -2.99. The molecule has 1 aliphatic carbocycles. The van der Waals surface area contributed by atoms with Gasteiger partial charge in [-0.2, -0.15) is 17.6 Å². The van der Waals surface area contributed by atoms with Crippen LogP contribution in [-0.4, -0.2) is 33.8 Å². The fourth-order valence-electron chi connectivity index (χ4n) is 4.38. The van der Waals surface area contributed by atoms with E-state index in [4.69, 9.17) is 0 Å². The molecular formula is C24H22F4N2O4S2. The molecule has 0 fully saturated rings. The Morgan fingerprint density at radius 2 is 1.72 bits per heavy atom. The van der Waals surface area contributed by atoms with Crippen LogP contribution in [0.2, 0.25) is 0 Å². The summed E-state index contributed by atoms with van der Waals surface area (Å²) in [5.41, 5.74) is 1.50. The van der Waals surface area contributed by atoms with Crippen LogP contribution in [0, 0.1) is 5.95 Å². The van der Waals surface area contributed by atoms with E-state index in [-0.39, 0.29) is 28.8 Å². The van der Waals surface area contributed by atoms with E-state index in [0.717, 1.165) is 30.0 Å². The van der Waals surface area contributed by atoms with Crippen LogP contribution in [0.5, 0.6) is 0 Å². The lowest BCUT2D eigenvalue weighted by atomic mass is 9.87. The number of pyridine rings is 1. The van der Waals surface area contributed by atoms with Gasteiger partial charge in [0.2, 0.25) is 5.95 Å². The molecule has 0 unspecified atom stereocenters. The van der Waals surface area contributed by atoms with Crippen LogP contribution in [0.25, 0.3) is 0 Å². The van der Waals surface area contributed by atoms with Gasteiger partial charge in [0, 0.05) is 12.2 Å². The molecular weight excluding hydrogens is 520 g/mol. The van der Waals surface area contributed by atoms with E-state index >= 15 is 0 Å². The second kappa shape index (κ2) is 9.47. The van der Waals surface area contributed by atoms with Crippen LogP contribution in [0.4, 0.5) is 23.4 Å². The lowest BCUT2D eigenvalue weighted by Crippen LogP contribution is -2.14. The summed E-state index contributed by atoms with van der Waals surface area (Å²) in [6.45, 7) is 0. The number of nitrogens with zero attached hydrogens (tertiary/aromatic N) is 1. The van der Waals surface area contributed by atoms with E-state index in [1.807, 2.05) is 0 Å². The van der Waals surface area contributed by atoms with Crippen LogP contribution >= 0.6 is 0 Å². The van der Waals surface area contributed by atoms with Gasteiger partial charge < -0.3 is 0 Å². The molecule has 192 valence electrons. The minimum atomic E-state index is -4.57. The maximum absolute atomic E-state index is 13.3. The third-order valence-corrected chi connectivity index (χ3v) is 8.34. The molecule has 3 aromatic rings. The van der Waals surface area contributed by atoms with Gasteiger partial charge in [0.05, 0.1) is 16.2 Å². The Kier molecular flexibility index (Phi) is 6.86. The standard InChI is InChI=1S/C24H22F4N2O4S2/c1-35(31,32)12-11-16-13-17(24(26,27)28)6-9-19(16)21-8-5-15-14-18(7-10-20(15)21)36(33,34)30-23-4-2-3-22(25)29-23/h2-4,6-7,9-10,13-14,21H,5,8,11-12H2,1H3,(H,29,30)/t21-/m1/s1. The highest BCUT2D eigenvalue weighted by molar-refractivity contribution is 7.92. The molecule has 1 atom stereocenters. The number of aromatic nitrogens is 1. The first-order chi connectivity index (χ1) is 16.7. The zero-order valence-corrected chi connectivity index (χ0v) is 20.6. The van der Waals surface area contributed by atoms with Crippen molar-refractivity contribution in [2.24, 2.45) is 0 Å². The van der Waals surface area contributed by atoms with Gasteiger partial charge in [-0.1, -0.05) is 18.2 Å². The van der Waals surface area contributed by atoms with Crippen molar-refractivity contribution in [3.63, 3.8) is 0 Å². The predicted octanol–water partition coefficient (Wildman–Crippen LogP) is 4.71. The molecule has 1 N–H and O–H groups in total. The number of nitrogens with one attached hydrogen (secondary N) is 1. The molecule has 36 heavy (non-hydrogen) atoms. The maximum atomic E-state index is 13.3. The van der Waals surface area contributed by atoms with Gasteiger partial charge in [0.1, 0.15) is 15.7 Å². The Labute approximate surface area is 206 Å². The molecule has 0 radical (unpaired) electrons. The summed E-state index contributed by atoms with van der Waals surface area (Å²) in [6, 6.07) is 11.5. The number of alkyl halides is 3. The Morgan fingerprint density at radius 1 is 1.00 bits per heavy atom. The fraction of sp³-hybridized carbons (Fsp3) is 0.292. The highest BCUT2D eigenvalue weighted by atomic mass is 32.2. The second-order valence-electron chi connectivity index (χ2n) is 8.69.